The summed E-state index contributed by atoms with van der Waals surface area (Å²) in [4.78, 5) is 62.2. The van der Waals surface area contributed by atoms with Gasteiger partial charge in [0.15, 0.2) is 15.1 Å². The molecular formula is C83H92F10N12O12S3. The fraction of sp³-hybridized carbons (Fsp3) is 0.386. The molecule has 644 valence electrons. The number of ether oxygens (including phenoxy) is 2. The van der Waals surface area contributed by atoms with Crippen molar-refractivity contribution in [1.29, 1.82) is 0 Å². The van der Waals surface area contributed by atoms with E-state index in [9.17, 15) is 83.5 Å². The van der Waals surface area contributed by atoms with Gasteiger partial charge >= 0.3 is 36.4 Å². The van der Waals surface area contributed by atoms with E-state index in [1.807, 2.05) is 30.4 Å². The van der Waals surface area contributed by atoms with Crippen LogP contribution < -0.4 is 29.3 Å². The topological polar surface area (TPSA) is 324 Å². The summed E-state index contributed by atoms with van der Waals surface area (Å²) < 4.78 is 231. The number of nitrogens with one attached hydrogen (secondary N) is 4. The Hall–Kier alpha value is -10.9. The Kier molecular flexibility index (Phi) is 30.3. The summed E-state index contributed by atoms with van der Waals surface area (Å²) in [6, 6.07) is 37.1. The second kappa shape index (κ2) is 39.1. The van der Waals surface area contributed by atoms with Crippen LogP contribution >= 0.6 is 0 Å². The number of aliphatic carboxylic acids is 1. The third-order valence-corrected chi connectivity index (χ3v) is 22.7. The molecule has 120 heavy (non-hydrogen) atoms. The Labute approximate surface area is 689 Å². The highest BCUT2D eigenvalue weighted by Gasteiger charge is 2.39. The van der Waals surface area contributed by atoms with Gasteiger partial charge in [-0.15, -0.1) is 0 Å². The molecule has 9 aromatic rings. The van der Waals surface area contributed by atoms with Crippen LogP contribution in [-0.4, -0.2) is 127 Å². The van der Waals surface area contributed by atoms with Crippen molar-refractivity contribution in [2.24, 2.45) is 0 Å². The van der Waals surface area contributed by atoms with Gasteiger partial charge in [0.2, 0.25) is 5.95 Å². The zero-order chi connectivity index (χ0) is 87.9. The monoisotopic (exact) mass is 1730 g/mol. The van der Waals surface area contributed by atoms with Gasteiger partial charge < -0.3 is 29.7 Å². The molecule has 3 aliphatic rings. The van der Waals surface area contributed by atoms with Crippen LogP contribution in [0.25, 0.3) is 33.8 Å². The molecule has 6 heterocycles. The van der Waals surface area contributed by atoms with Crippen molar-refractivity contribution in [3.8, 4) is 33.8 Å². The molecule has 0 radical (unpaired) electrons. The zero-order valence-corrected chi connectivity index (χ0v) is 69.4. The van der Waals surface area contributed by atoms with Crippen LogP contribution in [0.4, 0.5) is 73.0 Å². The Morgan fingerprint density at radius 3 is 1.04 bits per heavy atom. The first-order valence-corrected chi connectivity index (χ1v) is 42.6. The van der Waals surface area contributed by atoms with Crippen LogP contribution in [-0.2, 0) is 72.5 Å². The number of hydrogen-bond donors (Lipinski definition) is 5. The average molecular weight is 1740 g/mol. The number of aromatic nitrogens is 6. The number of anilines is 5. The van der Waals surface area contributed by atoms with Crippen LogP contribution in [0.1, 0.15) is 152 Å². The van der Waals surface area contributed by atoms with Crippen LogP contribution in [0, 0.1) is 26.7 Å². The molecule has 6 aromatic heterocycles. The molecule has 24 nitrogen and oxygen atoms in total. The molecule has 0 bridgehead atoms. The van der Waals surface area contributed by atoms with E-state index in [1.165, 1.54) is 61.7 Å². The first-order chi connectivity index (χ1) is 56.1. The maximum absolute atomic E-state index is 13.8. The number of carboxylic acids is 1. The van der Waals surface area contributed by atoms with Gasteiger partial charge in [0, 0.05) is 54.5 Å². The largest absolute Gasteiger partial charge is 0.481 e. The minimum absolute atomic E-state index is 0.0611. The lowest BCUT2D eigenvalue weighted by Crippen LogP contribution is -2.42. The van der Waals surface area contributed by atoms with Gasteiger partial charge in [0.05, 0.1) is 53.0 Å². The van der Waals surface area contributed by atoms with Gasteiger partial charge in [-0.25, -0.2) is 29.9 Å². The number of benzene rings is 3. The predicted molar refractivity (Wildman–Crippen MR) is 432 cm³/mol. The Morgan fingerprint density at radius 2 is 0.742 bits per heavy atom. The standard InChI is InChI=1S/C29H33F3N4O4S.C25H25F3N4O4S.C18H13F4N3O2S.C11H21NO2/c1-19-9-5-6-12-21(19)27-22(29(30,31)32)15-16-23(33-27)35-41(38,39)25-14-8-13-24(34-25)36(20-10-7-11-20)18-17-26(37)40-28(2,3)4;1-16-6-2-3-9-18(16)24-19(25(26,27)28)12-13-20(29-24)31-37(35,36)22-11-5-10-21(30-22)32(15-14-23(33)34)17-7-4-8-17;1-11-5-2-3-6-12(11)17-13(18(20,21)22)9-10-15(24-17)25-28(26,27)16-8-4-7-14(19)23-16;1-11(2,3)14-10(13)7-8-12-9-5-4-6-9/h5-6,8-9,12-16,20H,7,10-11,17-18H2,1-4H3,(H,33,35);2-3,5-6,9-13,17H,4,7-8,14-15H2,1H3,(H,29,31)(H,33,34);2-10H,1H3,(H,24,25);9,12H,4-8H2,1-3H3. The number of esters is 2. The normalized spacial score (nSPS) is 14.1. The number of halogens is 10. The van der Waals surface area contributed by atoms with Gasteiger partial charge in [-0.1, -0.05) is 97.4 Å². The number of carboxylic acid groups (broad SMARTS) is 1. The van der Waals surface area contributed by atoms with Crippen molar-refractivity contribution in [3.63, 3.8) is 0 Å². The number of nitrogens with zero attached hydrogens (tertiary/aromatic N) is 8. The summed E-state index contributed by atoms with van der Waals surface area (Å²) in [7, 11) is -13.0. The molecule has 0 unspecified atom stereocenters. The van der Waals surface area contributed by atoms with E-state index in [1.54, 1.807) is 113 Å². The van der Waals surface area contributed by atoms with E-state index >= 15 is 0 Å². The van der Waals surface area contributed by atoms with Gasteiger partial charge in [0.1, 0.15) is 40.3 Å². The number of carbonyl (C=O) groups is 3. The third-order valence-electron chi connectivity index (χ3n) is 18.9. The molecule has 3 saturated carbocycles. The predicted octanol–water partition coefficient (Wildman–Crippen LogP) is 17.7. The fourth-order valence-corrected chi connectivity index (χ4v) is 15.4. The lowest BCUT2D eigenvalue weighted by Gasteiger charge is -2.38. The molecule has 0 spiro atoms. The highest BCUT2D eigenvalue weighted by atomic mass is 32.2. The van der Waals surface area contributed by atoms with E-state index in [-0.39, 0.29) is 98.9 Å². The Balaban J connectivity index is 0.000000192. The number of hydrogen-bond acceptors (Lipinski definition) is 20. The van der Waals surface area contributed by atoms with Gasteiger partial charge in [-0.3, -0.25) is 28.5 Å². The number of pyridine rings is 6. The number of rotatable bonds is 26. The summed E-state index contributed by atoms with van der Waals surface area (Å²) in [5.74, 6) is -2.69. The second-order valence-electron chi connectivity index (χ2n) is 30.5. The lowest BCUT2D eigenvalue weighted by molar-refractivity contribution is -0.155. The summed E-state index contributed by atoms with van der Waals surface area (Å²) in [5.41, 5.74) is -2.82. The van der Waals surface area contributed by atoms with Crippen molar-refractivity contribution in [2.75, 3.05) is 43.6 Å². The van der Waals surface area contributed by atoms with Crippen LogP contribution in [0.3, 0.4) is 0 Å². The minimum Gasteiger partial charge on any atom is -0.481 e. The fourth-order valence-electron chi connectivity index (χ4n) is 12.5. The van der Waals surface area contributed by atoms with Gasteiger partial charge in [-0.05, 0) is 203 Å². The maximum atomic E-state index is 13.8. The van der Waals surface area contributed by atoms with Crippen molar-refractivity contribution in [1.82, 2.24) is 35.2 Å². The van der Waals surface area contributed by atoms with E-state index < -0.39 is 99.2 Å². The molecule has 0 atom stereocenters. The quantitative estimate of drug-likeness (QED) is 0.0191. The number of sulfonamides is 3. The minimum atomic E-state index is -4.70. The lowest BCUT2D eigenvalue weighted by atomic mass is 9.91. The Morgan fingerprint density at radius 1 is 0.417 bits per heavy atom. The molecule has 3 aromatic carbocycles. The molecule has 37 heteroatoms. The SMILES string of the molecule is CC(C)(C)OC(=O)CCNC1CCC1.Cc1ccccc1-c1nc(NS(=O)(=O)c2cccc(F)n2)ccc1C(F)(F)F.Cc1ccccc1-c1nc(NS(=O)(=O)c2cccc(N(CCC(=O)O)C3CCC3)n2)ccc1C(F)(F)F.Cc1ccccc1-c1nc(NS(=O)(=O)c2cccc(N(CCC(=O)OC(C)(C)C)C3CCC3)n2)ccc1C(F)(F)F. The molecule has 12 rings (SSSR count). The first-order valence-electron chi connectivity index (χ1n) is 38.1. The van der Waals surface area contributed by atoms with Crippen molar-refractivity contribution < 1.29 is 98.1 Å². The maximum Gasteiger partial charge on any atom is 0.418 e. The number of aryl methyl sites for hydroxylation is 3. The first kappa shape index (κ1) is 93.0. The highest BCUT2D eigenvalue weighted by molar-refractivity contribution is 7.93. The molecule has 3 fully saturated rings. The summed E-state index contributed by atoms with van der Waals surface area (Å²) in [5, 5.41) is 11.1. The molecule has 0 saturated heterocycles. The van der Waals surface area contributed by atoms with Crippen molar-refractivity contribution in [3.05, 3.63) is 203 Å². The zero-order valence-electron chi connectivity index (χ0n) is 66.9. The van der Waals surface area contributed by atoms with Crippen LogP contribution in [0.15, 0.2) is 179 Å². The van der Waals surface area contributed by atoms with Gasteiger partial charge in [0.25, 0.3) is 30.1 Å². The third kappa shape index (κ3) is 26.3. The van der Waals surface area contributed by atoms with Crippen LogP contribution in [0.5, 0.6) is 0 Å². The smallest absolute Gasteiger partial charge is 0.418 e. The number of alkyl halides is 9. The number of carbonyl (C=O) groups excluding carboxylic acids is 2. The van der Waals surface area contributed by atoms with Crippen molar-refractivity contribution >= 4 is 77.1 Å². The molecule has 0 aliphatic heterocycles. The van der Waals surface area contributed by atoms with Gasteiger partial charge in [-0.2, -0.15) is 69.2 Å². The highest BCUT2D eigenvalue weighted by Crippen LogP contribution is 2.42. The summed E-state index contributed by atoms with van der Waals surface area (Å²) in [6.07, 6.45) is -4.36. The van der Waals surface area contributed by atoms with Crippen molar-refractivity contribution in [2.45, 2.75) is 202 Å². The average Bonchev–Trinajstić information content (AvgIpc) is 0.786. The van der Waals surface area contributed by atoms with Crippen LogP contribution in [0.2, 0.25) is 0 Å². The molecule has 5 N–H and O–H groups in total. The summed E-state index contributed by atoms with van der Waals surface area (Å²) >= 11 is 0. The van der Waals surface area contributed by atoms with E-state index in [0.29, 0.717) is 47.3 Å². The van der Waals surface area contributed by atoms with E-state index in [4.69, 9.17) is 14.6 Å². The summed E-state index contributed by atoms with van der Waals surface area (Å²) in [6.45, 7) is 17.2. The Bertz CT molecular complexity index is 5470. The van der Waals surface area contributed by atoms with E-state index in [0.717, 1.165) is 99.7 Å². The molecule has 3 aliphatic carbocycles. The molecule has 0 amide bonds. The van der Waals surface area contributed by atoms with E-state index in [2.05, 4.69) is 44.7 Å². The second-order valence-corrected chi connectivity index (χ2v) is 35.3. The molecular weight excluding hydrogens is 1640 g/mol.